The van der Waals surface area contributed by atoms with Gasteiger partial charge in [-0.3, -0.25) is 4.79 Å². The largest absolute Gasteiger partial charge is 0.481 e. The number of hydrogen-bond donors (Lipinski definition) is 2. The first kappa shape index (κ1) is 12.0. The van der Waals surface area contributed by atoms with Gasteiger partial charge < -0.3 is 15.1 Å². The van der Waals surface area contributed by atoms with E-state index in [-0.39, 0.29) is 12.0 Å². The zero-order valence-corrected chi connectivity index (χ0v) is 8.88. The summed E-state index contributed by atoms with van der Waals surface area (Å²) in [5.74, 6) is -1.83. The second-order valence-electron chi connectivity index (χ2n) is 3.42. The number of benzene rings is 1. The predicted octanol–water partition coefficient (Wildman–Crippen LogP) is 1.30. The summed E-state index contributed by atoms with van der Waals surface area (Å²) in [6.45, 7) is 0.391. The Morgan fingerprint density at radius 1 is 1.19 bits per heavy atom. The van der Waals surface area contributed by atoms with Crippen LogP contribution in [0.15, 0.2) is 24.3 Å². The smallest absolute Gasteiger partial charge is 0.335 e. The topological polar surface area (TPSA) is 77.8 Å². The van der Waals surface area contributed by atoms with Crippen LogP contribution in [-0.4, -0.2) is 35.7 Å². The molecule has 2 N–H and O–H groups in total. The number of carbonyl (C=O) groups is 2. The number of nitrogens with zero attached hydrogens (tertiary/aromatic N) is 1. The van der Waals surface area contributed by atoms with Crippen molar-refractivity contribution in [3.05, 3.63) is 29.8 Å². The maximum Gasteiger partial charge on any atom is 0.335 e. The molecule has 5 heteroatoms. The van der Waals surface area contributed by atoms with Gasteiger partial charge in [-0.2, -0.15) is 0 Å². The number of aliphatic carboxylic acids is 1. The quantitative estimate of drug-likeness (QED) is 0.786. The monoisotopic (exact) mass is 223 g/mol. The normalized spacial score (nSPS) is 9.81. The molecule has 0 saturated heterocycles. The molecule has 1 aromatic rings. The van der Waals surface area contributed by atoms with Crippen molar-refractivity contribution in [2.45, 2.75) is 6.42 Å². The van der Waals surface area contributed by atoms with E-state index in [1.165, 1.54) is 12.1 Å². The number of carboxylic acids is 2. The lowest BCUT2D eigenvalue weighted by atomic mass is 10.2. The van der Waals surface area contributed by atoms with Crippen LogP contribution in [0.2, 0.25) is 0 Å². The van der Waals surface area contributed by atoms with Gasteiger partial charge in [-0.15, -0.1) is 0 Å². The highest BCUT2D eigenvalue weighted by molar-refractivity contribution is 5.88. The molecule has 0 aliphatic carbocycles. The number of rotatable bonds is 5. The minimum absolute atomic E-state index is 0.0528. The molecule has 0 saturated carbocycles. The van der Waals surface area contributed by atoms with E-state index in [1.807, 2.05) is 0 Å². The van der Waals surface area contributed by atoms with Crippen molar-refractivity contribution in [3.8, 4) is 0 Å². The summed E-state index contributed by atoms with van der Waals surface area (Å²) in [6.07, 6.45) is 0.0528. The lowest BCUT2D eigenvalue weighted by Gasteiger charge is -2.18. The molecule has 0 aliphatic heterocycles. The maximum atomic E-state index is 10.6. The summed E-state index contributed by atoms with van der Waals surface area (Å²) in [5, 5.41) is 17.2. The van der Waals surface area contributed by atoms with E-state index in [0.29, 0.717) is 6.54 Å². The summed E-state index contributed by atoms with van der Waals surface area (Å²) >= 11 is 0. The first-order valence-electron chi connectivity index (χ1n) is 4.77. The molecule has 0 fully saturated rings. The Morgan fingerprint density at radius 3 is 2.19 bits per heavy atom. The molecule has 0 aliphatic rings. The molecule has 0 aromatic heterocycles. The van der Waals surface area contributed by atoms with E-state index in [1.54, 1.807) is 24.1 Å². The highest BCUT2D eigenvalue weighted by atomic mass is 16.4. The molecule has 0 amide bonds. The van der Waals surface area contributed by atoms with Crippen LogP contribution in [-0.2, 0) is 4.79 Å². The van der Waals surface area contributed by atoms with Gasteiger partial charge in [0.15, 0.2) is 0 Å². The second kappa shape index (κ2) is 5.16. The van der Waals surface area contributed by atoms with Gasteiger partial charge in [0.25, 0.3) is 0 Å². The van der Waals surface area contributed by atoms with Crippen LogP contribution in [0.5, 0.6) is 0 Å². The van der Waals surface area contributed by atoms with Gasteiger partial charge in [-0.05, 0) is 24.3 Å². The summed E-state index contributed by atoms with van der Waals surface area (Å²) < 4.78 is 0. The first-order valence-corrected chi connectivity index (χ1v) is 4.77. The maximum absolute atomic E-state index is 10.6. The summed E-state index contributed by atoms with van der Waals surface area (Å²) in [4.78, 5) is 22.7. The van der Waals surface area contributed by atoms with Crippen LogP contribution in [0.4, 0.5) is 5.69 Å². The molecule has 1 aromatic carbocycles. The molecule has 0 unspecified atom stereocenters. The Morgan fingerprint density at radius 2 is 1.75 bits per heavy atom. The number of carboxylic acid groups (broad SMARTS) is 2. The third kappa shape index (κ3) is 3.27. The van der Waals surface area contributed by atoms with E-state index >= 15 is 0 Å². The Bertz CT molecular complexity index is 385. The Kier molecular flexibility index (Phi) is 3.88. The van der Waals surface area contributed by atoms with E-state index < -0.39 is 11.9 Å². The fraction of sp³-hybridized carbons (Fsp3) is 0.273. The summed E-state index contributed by atoms with van der Waals surface area (Å²) in [7, 11) is 1.76. The number of hydrogen-bond acceptors (Lipinski definition) is 3. The van der Waals surface area contributed by atoms with Gasteiger partial charge in [-0.1, -0.05) is 0 Å². The standard InChI is InChI=1S/C11H13NO4/c1-12(7-6-10(13)14)9-4-2-8(3-5-9)11(15)16/h2-5H,6-7H2,1H3,(H,13,14)(H,15,16). The van der Waals surface area contributed by atoms with Crippen molar-refractivity contribution in [1.82, 2.24) is 0 Å². The van der Waals surface area contributed by atoms with Gasteiger partial charge in [0.1, 0.15) is 0 Å². The number of aromatic carboxylic acids is 1. The van der Waals surface area contributed by atoms with E-state index in [9.17, 15) is 9.59 Å². The van der Waals surface area contributed by atoms with Crippen molar-refractivity contribution < 1.29 is 19.8 Å². The van der Waals surface area contributed by atoms with E-state index in [4.69, 9.17) is 10.2 Å². The highest BCUT2D eigenvalue weighted by Gasteiger charge is 2.06. The fourth-order valence-corrected chi connectivity index (χ4v) is 1.25. The van der Waals surface area contributed by atoms with E-state index in [2.05, 4.69) is 0 Å². The fourth-order valence-electron chi connectivity index (χ4n) is 1.25. The van der Waals surface area contributed by atoms with Crippen LogP contribution < -0.4 is 4.90 Å². The lowest BCUT2D eigenvalue weighted by molar-refractivity contribution is -0.136. The van der Waals surface area contributed by atoms with Crippen LogP contribution in [0, 0.1) is 0 Å². The Labute approximate surface area is 92.9 Å². The van der Waals surface area contributed by atoms with Crippen molar-refractivity contribution in [3.63, 3.8) is 0 Å². The van der Waals surface area contributed by atoms with Crippen LogP contribution >= 0.6 is 0 Å². The second-order valence-corrected chi connectivity index (χ2v) is 3.42. The SMILES string of the molecule is CN(CCC(=O)O)c1ccc(C(=O)O)cc1. The summed E-state index contributed by atoms with van der Waals surface area (Å²) in [5.41, 5.74) is 1.02. The Hall–Kier alpha value is -2.04. The minimum Gasteiger partial charge on any atom is -0.481 e. The van der Waals surface area contributed by atoms with Gasteiger partial charge in [-0.25, -0.2) is 4.79 Å². The van der Waals surface area contributed by atoms with Gasteiger partial charge >= 0.3 is 11.9 Å². The minimum atomic E-state index is -0.972. The molecule has 0 atom stereocenters. The molecule has 0 spiro atoms. The molecule has 0 radical (unpaired) electrons. The molecule has 5 nitrogen and oxygen atoms in total. The molecule has 86 valence electrons. The van der Waals surface area contributed by atoms with Crippen molar-refractivity contribution >= 4 is 17.6 Å². The zero-order valence-electron chi connectivity index (χ0n) is 8.88. The van der Waals surface area contributed by atoms with Crippen molar-refractivity contribution in [2.24, 2.45) is 0 Å². The molecule has 1 rings (SSSR count). The van der Waals surface area contributed by atoms with Crippen LogP contribution in [0.3, 0.4) is 0 Å². The highest BCUT2D eigenvalue weighted by Crippen LogP contribution is 2.13. The zero-order chi connectivity index (χ0) is 12.1. The average molecular weight is 223 g/mol. The molecular formula is C11H13NO4. The van der Waals surface area contributed by atoms with Crippen LogP contribution in [0.1, 0.15) is 16.8 Å². The average Bonchev–Trinajstić information content (AvgIpc) is 2.26. The lowest BCUT2D eigenvalue weighted by Crippen LogP contribution is -2.20. The predicted molar refractivity (Wildman–Crippen MR) is 58.9 cm³/mol. The third-order valence-corrected chi connectivity index (χ3v) is 2.22. The summed E-state index contributed by atoms with van der Waals surface area (Å²) in [6, 6.07) is 6.31. The molecule has 16 heavy (non-hydrogen) atoms. The first-order chi connectivity index (χ1) is 7.50. The van der Waals surface area contributed by atoms with Gasteiger partial charge in [0.05, 0.1) is 12.0 Å². The van der Waals surface area contributed by atoms with E-state index in [0.717, 1.165) is 5.69 Å². The van der Waals surface area contributed by atoms with Crippen molar-refractivity contribution in [1.29, 1.82) is 0 Å². The molecular weight excluding hydrogens is 210 g/mol. The van der Waals surface area contributed by atoms with Crippen LogP contribution in [0.25, 0.3) is 0 Å². The van der Waals surface area contributed by atoms with Gasteiger partial charge in [0, 0.05) is 19.3 Å². The Balaban J connectivity index is 2.66. The molecule has 0 bridgehead atoms. The molecule has 0 heterocycles. The van der Waals surface area contributed by atoms with Crippen molar-refractivity contribution in [2.75, 3.05) is 18.5 Å². The van der Waals surface area contributed by atoms with Gasteiger partial charge in [0.2, 0.25) is 0 Å². The number of anilines is 1. The third-order valence-electron chi connectivity index (χ3n) is 2.22.